The highest BCUT2D eigenvalue weighted by atomic mass is 19.1. The smallest absolute Gasteiger partial charge is 0.253 e. The van der Waals surface area contributed by atoms with Gasteiger partial charge >= 0.3 is 0 Å². The summed E-state index contributed by atoms with van der Waals surface area (Å²) in [5.74, 6) is -1.38. The van der Waals surface area contributed by atoms with Crippen LogP contribution >= 0.6 is 0 Å². The third-order valence-electron chi connectivity index (χ3n) is 4.81. The molecule has 0 saturated heterocycles. The second kappa shape index (κ2) is 8.14. The highest BCUT2D eigenvalue weighted by molar-refractivity contribution is 5.99. The highest BCUT2D eigenvalue weighted by Gasteiger charge is 2.23. The zero-order chi connectivity index (χ0) is 23.0. The van der Waals surface area contributed by atoms with Crippen LogP contribution in [0.4, 0.5) is 4.39 Å². The number of aromatic hydroxyl groups is 1. The van der Waals surface area contributed by atoms with Gasteiger partial charge in [0.25, 0.3) is 5.91 Å². The summed E-state index contributed by atoms with van der Waals surface area (Å²) in [6.45, 7) is 0.000226. The molecule has 164 valence electrons. The molecular formula is C22H19FN4O5. The number of hydrogen-bond donors (Lipinski definition) is 1. The maximum Gasteiger partial charge on any atom is 0.253 e. The van der Waals surface area contributed by atoms with Crippen molar-refractivity contribution in [1.82, 2.24) is 19.7 Å². The lowest BCUT2D eigenvalue weighted by atomic mass is 10.1. The molecule has 0 radical (unpaired) electrons. The van der Waals surface area contributed by atoms with Crippen LogP contribution in [-0.2, 0) is 13.7 Å². The van der Waals surface area contributed by atoms with Gasteiger partial charge in [-0.05, 0) is 29.8 Å². The average Bonchev–Trinajstić information content (AvgIpc) is 3.20. The Kier molecular flexibility index (Phi) is 5.35. The van der Waals surface area contributed by atoms with Crippen molar-refractivity contribution in [2.24, 2.45) is 7.05 Å². The molecule has 1 amide bonds. The minimum atomic E-state index is -0.748. The van der Waals surface area contributed by atoms with E-state index in [2.05, 4.69) is 10.1 Å². The second-order valence-electron chi connectivity index (χ2n) is 7.28. The standard InChI is InChI=1S/C22H19FN4O5/c1-26(2)22(30)13-8-15(31-10-12-4-6-14(23)7-5-12)17-16(9-13)32-20(19(29)18(17)28)21-24-11-25-27(21)3/h4-9,11,29H,10H2,1-3H3. The van der Waals surface area contributed by atoms with Crippen molar-refractivity contribution in [2.75, 3.05) is 14.1 Å². The normalized spacial score (nSPS) is 11.0. The fourth-order valence-electron chi connectivity index (χ4n) is 3.16. The molecular weight excluding hydrogens is 419 g/mol. The molecule has 0 atom stereocenters. The molecule has 2 aromatic heterocycles. The number of rotatable bonds is 5. The molecule has 0 spiro atoms. The van der Waals surface area contributed by atoms with E-state index in [9.17, 15) is 19.1 Å². The summed E-state index contributed by atoms with van der Waals surface area (Å²) in [6.07, 6.45) is 1.25. The van der Waals surface area contributed by atoms with Crippen LogP contribution in [0.25, 0.3) is 22.6 Å². The molecule has 32 heavy (non-hydrogen) atoms. The molecule has 0 saturated carbocycles. The summed E-state index contributed by atoms with van der Waals surface area (Å²) < 4.78 is 26.1. The van der Waals surface area contributed by atoms with Crippen molar-refractivity contribution < 1.29 is 23.4 Å². The lowest BCUT2D eigenvalue weighted by Gasteiger charge is -2.15. The molecule has 2 aromatic carbocycles. The lowest BCUT2D eigenvalue weighted by molar-refractivity contribution is 0.0827. The molecule has 4 aromatic rings. The predicted molar refractivity (Wildman–Crippen MR) is 113 cm³/mol. The third-order valence-corrected chi connectivity index (χ3v) is 4.81. The monoisotopic (exact) mass is 438 g/mol. The fraction of sp³-hybridized carbons (Fsp3) is 0.182. The minimum Gasteiger partial charge on any atom is -0.501 e. The molecule has 9 nitrogen and oxygen atoms in total. The second-order valence-corrected chi connectivity index (χ2v) is 7.28. The number of aryl methyl sites for hydroxylation is 1. The SMILES string of the molecule is CN(C)C(=O)c1cc(OCc2ccc(F)cc2)c2c(=O)c(O)c(-c3ncnn3C)oc2c1. The molecule has 1 N–H and O–H groups in total. The molecule has 0 unspecified atom stereocenters. The number of halogens is 1. The van der Waals surface area contributed by atoms with Crippen molar-refractivity contribution in [3.63, 3.8) is 0 Å². The molecule has 0 fully saturated rings. The zero-order valence-corrected chi connectivity index (χ0v) is 17.5. The van der Waals surface area contributed by atoms with Crippen LogP contribution in [0.3, 0.4) is 0 Å². The van der Waals surface area contributed by atoms with Gasteiger partial charge in [0.1, 0.15) is 35.5 Å². The van der Waals surface area contributed by atoms with E-state index in [1.54, 1.807) is 33.3 Å². The molecule has 0 aliphatic heterocycles. The Labute approximate surface area is 181 Å². The summed E-state index contributed by atoms with van der Waals surface area (Å²) in [5.41, 5.74) is 0.150. The van der Waals surface area contributed by atoms with E-state index in [-0.39, 0.29) is 52.2 Å². The molecule has 4 rings (SSSR count). The van der Waals surface area contributed by atoms with Gasteiger partial charge in [-0.3, -0.25) is 9.59 Å². The summed E-state index contributed by atoms with van der Waals surface area (Å²) in [4.78, 5) is 31.0. The Morgan fingerprint density at radius 3 is 2.59 bits per heavy atom. The van der Waals surface area contributed by atoms with Gasteiger partial charge in [0.05, 0.1) is 0 Å². The van der Waals surface area contributed by atoms with Gasteiger partial charge in [-0.25, -0.2) is 14.1 Å². The first-order valence-electron chi connectivity index (χ1n) is 9.53. The zero-order valence-electron chi connectivity index (χ0n) is 17.5. The Morgan fingerprint density at radius 2 is 1.97 bits per heavy atom. The number of nitrogens with zero attached hydrogens (tertiary/aromatic N) is 4. The number of aromatic nitrogens is 3. The van der Waals surface area contributed by atoms with E-state index in [4.69, 9.17) is 9.15 Å². The number of amides is 1. The van der Waals surface area contributed by atoms with Gasteiger partial charge in [0.15, 0.2) is 5.82 Å². The number of fused-ring (bicyclic) bond motifs is 1. The first-order chi connectivity index (χ1) is 15.3. The van der Waals surface area contributed by atoms with Crippen molar-refractivity contribution in [2.45, 2.75) is 6.61 Å². The van der Waals surface area contributed by atoms with Gasteiger partial charge in [-0.1, -0.05) is 12.1 Å². The van der Waals surface area contributed by atoms with Crippen LogP contribution in [0, 0.1) is 5.82 Å². The van der Waals surface area contributed by atoms with Crippen LogP contribution in [0.1, 0.15) is 15.9 Å². The Bertz CT molecular complexity index is 1380. The molecule has 2 heterocycles. The van der Waals surface area contributed by atoms with E-state index in [0.717, 1.165) is 0 Å². The number of carbonyl (C=O) groups excluding carboxylic acids is 1. The van der Waals surface area contributed by atoms with Crippen LogP contribution in [0.15, 0.2) is 51.9 Å². The quantitative estimate of drug-likeness (QED) is 0.510. The minimum absolute atomic E-state index is 0.000226. The van der Waals surface area contributed by atoms with Crippen LogP contribution in [0.2, 0.25) is 0 Å². The summed E-state index contributed by atoms with van der Waals surface area (Å²) in [7, 11) is 4.75. The molecule has 0 bridgehead atoms. The van der Waals surface area contributed by atoms with Crippen LogP contribution in [0.5, 0.6) is 11.5 Å². The topological polar surface area (TPSA) is 111 Å². The predicted octanol–water partition coefficient (Wildman–Crippen LogP) is 2.71. The molecule has 0 aliphatic rings. The molecule has 10 heteroatoms. The van der Waals surface area contributed by atoms with Gasteiger partial charge in [-0.15, -0.1) is 0 Å². The van der Waals surface area contributed by atoms with E-state index in [1.165, 1.54) is 40.2 Å². The number of hydrogen-bond acceptors (Lipinski definition) is 7. The average molecular weight is 438 g/mol. The highest BCUT2D eigenvalue weighted by Crippen LogP contribution is 2.33. The summed E-state index contributed by atoms with van der Waals surface area (Å²) in [5, 5.41) is 14.4. The van der Waals surface area contributed by atoms with E-state index >= 15 is 0 Å². The van der Waals surface area contributed by atoms with Crippen LogP contribution < -0.4 is 10.2 Å². The maximum atomic E-state index is 13.2. The largest absolute Gasteiger partial charge is 0.501 e. The van der Waals surface area contributed by atoms with Gasteiger partial charge < -0.3 is 19.2 Å². The van der Waals surface area contributed by atoms with Gasteiger partial charge in [0.2, 0.25) is 16.9 Å². The summed E-state index contributed by atoms with van der Waals surface area (Å²) >= 11 is 0. The van der Waals surface area contributed by atoms with Gasteiger partial charge in [-0.2, -0.15) is 5.10 Å². The van der Waals surface area contributed by atoms with Crippen molar-refractivity contribution >= 4 is 16.9 Å². The molecule has 0 aliphatic carbocycles. The van der Waals surface area contributed by atoms with Gasteiger partial charge in [0, 0.05) is 26.7 Å². The Hall–Kier alpha value is -4.21. The van der Waals surface area contributed by atoms with Crippen molar-refractivity contribution in [3.05, 3.63) is 69.9 Å². The van der Waals surface area contributed by atoms with E-state index < -0.39 is 11.2 Å². The Balaban J connectivity index is 1.89. The summed E-state index contributed by atoms with van der Waals surface area (Å²) in [6, 6.07) is 8.47. The first kappa shape index (κ1) is 21.0. The number of ether oxygens (including phenoxy) is 1. The number of carbonyl (C=O) groups is 1. The van der Waals surface area contributed by atoms with Crippen molar-refractivity contribution in [3.8, 4) is 23.1 Å². The first-order valence-corrected chi connectivity index (χ1v) is 9.53. The maximum absolute atomic E-state index is 13.2. The third kappa shape index (κ3) is 3.78. The van der Waals surface area contributed by atoms with Crippen LogP contribution in [-0.4, -0.2) is 44.8 Å². The lowest BCUT2D eigenvalue weighted by Crippen LogP contribution is -2.22. The Morgan fingerprint density at radius 1 is 1.25 bits per heavy atom. The van der Waals surface area contributed by atoms with Crippen molar-refractivity contribution in [1.29, 1.82) is 0 Å². The number of benzene rings is 2. The van der Waals surface area contributed by atoms with E-state index in [1.807, 2.05) is 0 Å². The fourth-order valence-corrected chi connectivity index (χ4v) is 3.16. The van der Waals surface area contributed by atoms with E-state index in [0.29, 0.717) is 5.56 Å².